The number of nitrogens with two attached hydrogens (primary N) is 2. The van der Waals surface area contributed by atoms with Gasteiger partial charge in [-0.3, -0.25) is 4.79 Å². The summed E-state index contributed by atoms with van der Waals surface area (Å²) in [6.07, 6.45) is -1.91. The number of carbonyl (C=O) groups is 2. The van der Waals surface area contributed by atoms with Crippen LogP contribution in [-0.4, -0.2) is 53.6 Å². The molecule has 2 heterocycles. The summed E-state index contributed by atoms with van der Waals surface area (Å²) in [5.74, 6) is -3.01. The lowest BCUT2D eigenvalue weighted by molar-refractivity contribution is -0.202. The Hall–Kier alpha value is -1.93. The highest BCUT2D eigenvalue weighted by Crippen LogP contribution is 2.48. The van der Waals surface area contributed by atoms with Crippen molar-refractivity contribution >= 4 is 11.9 Å². The van der Waals surface area contributed by atoms with E-state index in [1.54, 1.807) is 4.90 Å². The first kappa shape index (κ1) is 15.5. The number of carbonyl (C=O) groups excluding carboxylic acids is 2. The molecule has 1 saturated heterocycles. The highest BCUT2D eigenvalue weighted by Gasteiger charge is 2.61. The Morgan fingerprint density at radius 3 is 2.43 bits per heavy atom. The molecule has 2 aliphatic rings. The van der Waals surface area contributed by atoms with Gasteiger partial charge in [0.25, 0.3) is 0 Å². The minimum absolute atomic E-state index is 0.0638. The Bertz CT molecular complexity index is 493. The molecule has 3 amide bonds. The minimum atomic E-state index is -4.58. The molecule has 6 nitrogen and oxygen atoms in total. The van der Waals surface area contributed by atoms with Gasteiger partial charge in [-0.25, -0.2) is 4.79 Å². The normalized spacial score (nSPS) is 30.2. The van der Waals surface area contributed by atoms with E-state index < -0.39 is 35.5 Å². The zero-order chi connectivity index (χ0) is 16.0. The lowest BCUT2D eigenvalue weighted by Crippen LogP contribution is -2.63. The van der Waals surface area contributed by atoms with E-state index >= 15 is 0 Å². The minimum Gasteiger partial charge on any atom is -0.370 e. The van der Waals surface area contributed by atoms with Crippen molar-refractivity contribution in [2.45, 2.75) is 19.1 Å². The fourth-order valence-electron chi connectivity index (χ4n) is 3.09. The number of hydrogen-bond donors (Lipinski definition) is 2. The summed E-state index contributed by atoms with van der Waals surface area (Å²) < 4.78 is 39.5. The first-order chi connectivity index (χ1) is 9.60. The average molecular weight is 306 g/mol. The molecule has 1 fully saturated rings. The number of piperazine rings is 1. The number of nitrogens with zero attached hydrogens (tertiary/aromatic N) is 2. The van der Waals surface area contributed by atoms with Crippen LogP contribution in [0.4, 0.5) is 18.0 Å². The van der Waals surface area contributed by atoms with Gasteiger partial charge in [0.2, 0.25) is 5.91 Å². The van der Waals surface area contributed by atoms with Crippen LogP contribution in [0.15, 0.2) is 12.3 Å². The number of hydrogen-bond acceptors (Lipinski definition) is 3. The van der Waals surface area contributed by atoms with Gasteiger partial charge >= 0.3 is 12.2 Å². The summed E-state index contributed by atoms with van der Waals surface area (Å²) in [5, 5.41) is 0. The number of primary amides is 2. The van der Waals surface area contributed by atoms with Crippen molar-refractivity contribution in [2.75, 3.05) is 19.6 Å². The van der Waals surface area contributed by atoms with Crippen LogP contribution in [0.3, 0.4) is 0 Å². The van der Waals surface area contributed by atoms with Crippen LogP contribution in [0.25, 0.3) is 0 Å². The van der Waals surface area contributed by atoms with Crippen molar-refractivity contribution in [2.24, 2.45) is 22.8 Å². The van der Waals surface area contributed by atoms with Crippen molar-refractivity contribution < 1.29 is 22.8 Å². The van der Waals surface area contributed by atoms with Crippen molar-refractivity contribution in [1.82, 2.24) is 9.80 Å². The largest absolute Gasteiger partial charge is 0.392 e. The highest BCUT2D eigenvalue weighted by molar-refractivity contribution is 5.85. The number of urea groups is 1. The van der Waals surface area contributed by atoms with Gasteiger partial charge < -0.3 is 21.3 Å². The summed E-state index contributed by atoms with van der Waals surface area (Å²) in [6, 6.07) is -1.58. The molecule has 2 rings (SSSR count). The third-order valence-corrected chi connectivity index (χ3v) is 4.46. The molecule has 9 heteroatoms. The number of halogens is 3. The van der Waals surface area contributed by atoms with E-state index in [-0.39, 0.29) is 6.54 Å². The first-order valence-corrected chi connectivity index (χ1v) is 6.46. The maximum Gasteiger partial charge on any atom is 0.392 e. The molecule has 0 aliphatic carbocycles. The van der Waals surface area contributed by atoms with E-state index in [4.69, 9.17) is 11.5 Å². The van der Waals surface area contributed by atoms with Crippen LogP contribution in [0.5, 0.6) is 0 Å². The maximum atomic E-state index is 13.2. The van der Waals surface area contributed by atoms with Crippen LogP contribution in [0.1, 0.15) is 6.92 Å². The van der Waals surface area contributed by atoms with Crippen molar-refractivity contribution in [3.05, 3.63) is 12.3 Å². The van der Waals surface area contributed by atoms with E-state index in [9.17, 15) is 22.8 Å². The summed E-state index contributed by atoms with van der Waals surface area (Å²) in [6.45, 7) is 1.47. The maximum absolute atomic E-state index is 13.2. The van der Waals surface area contributed by atoms with Crippen molar-refractivity contribution in [3.8, 4) is 0 Å². The van der Waals surface area contributed by atoms with E-state index in [1.807, 2.05) is 0 Å². The average Bonchev–Trinajstić information content (AvgIpc) is 2.76. The fourth-order valence-corrected chi connectivity index (χ4v) is 3.09. The second-order valence-electron chi connectivity index (χ2n) is 5.41. The molecule has 0 saturated carbocycles. The lowest BCUT2D eigenvalue weighted by Gasteiger charge is -2.46. The zero-order valence-electron chi connectivity index (χ0n) is 11.4. The Morgan fingerprint density at radius 1 is 1.33 bits per heavy atom. The number of rotatable bonds is 2. The van der Waals surface area contributed by atoms with Crippen LogP contribution in [-0.2, 0) is 4.79 Å². The van der Waals surface area contributed by atoms with Gasteiger partial charge in [-0.05, 0) is 6.20 Å². The van der Waals surface area contributed by atoms with E-state index in [1.165, 1.54) is 17.2 Å². The van der Waals surface area contributed by atoms with Gasteiger partial charge in [0.1, 0.15) is 5.41 Å². The molecule has 0 aromatic carbocycles. The van der Waals surface area contributed by atoms with E-state index in [0.29, 0.717) is 13.1 Å². The summed E-state index contributed by atoms with van der Waals surface area (Å²) in [5.41, 5.74) is 8.60. The first-order valence-electron chi connectivity index (χ1n) is 6.46. The van der Waals surface area contributed by atoms with E-state index in [2.05, 4.69) is 0 Å². The SMILES string of the molecule is CC(C(F)(F)F)C1(C(N)=O)C=CN2CCN(C(N)=O)CC21. The Kier molecular flexibility index (Phi) is 3.54. The zero-order valence-corrected chi connectivity index (χ0v) is 11.4. The van der Waals surface area contributed by atoms with Gasteiger partial charge in [-0.15, -0.1) is 0 Å². The molecule has 3 atom stereocenters. The third kappa shape index (κ3) is 2.30. The van der Waals surface area contributed by atoms with Gasteiger partial charge in [0.15, 0.2) is 0 Å². The Labute approximate surface area is 119 Å². The molecule has 21 heavy (non-hydrogen) atoms. The second-order valence-corrected chi connectivity index (χ2v) is 5.41. The molecule has 0 spiro atoms. The molecule has 0 aromatic heterocycles. The number of fused-ring (bicyclic) bond motifs is 1. The second kappa shape index (κ2) is 4.81. The van der Waals surface area contributed by atoms with Gasteiger partial charge in [-0.2, -0.15) is 13.2 Å². The molecule has 3 unspecified atom stereocenters. The quantitative estimate of drug-likeness (QED) is 0.766. The Balaban J connectivity index is 2.40. The number of alkyl halides is 3. The van der Waals surface area contributed by atoms with Crippen molar-refractivity contribution in [3.63, 3.8) is 0 Å². The summed E-state index contributed by atoms with van der Waals surface area (Å²) in [4.78, 5) is 26.0. The molecule has 0 aromatic rings. The molecule has 2 aliphatic heterocycles. The molecular formula is C12H17F3N4O2. The molecule has 0 bridgehead atoms. The predicted octanol–water partition coefficient (Wildman–Crippen LogP) is 0.249. The fraction of sp³-hybridized carbons (Fsp3) is 0.667. The van der Waals surface area contributed by atoms with Crippen LogP contribution >= 0.6 is 0 Å². The predicted molar refractivity (Wildman–Crippen MR) is 67.6 cm³/mol. The number of amides is 3. The standard InChI is InChI=1S/C12H17F3N4O2/c1-7(12(13,14)15)11(9(16)20)2-3-18-4-5-19(10(17)21)6-8(11)18/h2-3,7-8H,4-6H2,1H3,(H2,16,20)(H2,17,21). The Morgan fingerprint density at radius 2 is 1.95 bits per heavy atom. The van der Waals surface area contributed by atoms with Gasteiger partial charge in [0, 0.05) is 19.6 Å². The van der Waals surface area contributed by atoms with E-state index in [0.717, 1.165) is 6.92 Å². The topological polar surface area (TPSA) is 92.7 Å². The third-order valence-electron chi connectivity index (χ3n) is 4.46. The van der Waals surface area contributed by atoms with Crippen LogP contribution in [0.2, 0.25) is 0 Å². The smallest absolute Gasteiger partial charge is 0.370 e. The highest BCUT2D eigenvalue weighted by atomic mass is 19.4. The molecule has 118 valence electrons. The monoisotopic (exact) mass is 306 g/mol. The van der Waals surface area contributed by atoms with Gasteiger partial charge in [-0.1, -0.05) is 13.0 Å². The van der Waals surface area contributed by atoms with Crippen molar-refractivity contribution in [1.29, 1.82) is 0 Å². The molecule has 0 radical (unpaired) electrons. The summed E-state index contributed by atoms with van der Waals surface area (Å²) in [7, 11) is 0. The molecular weight excluding hydrogens is 289 g/mol. The summed E-state index contributed by atoms with van der Waals surface area (Å²) >= 11 is 0. The van der Waals surface area contributed by atoms with Crippen LogP contribution in [0, 0.1) is 11.3 Å². The van der Waals surface area contributed by atoms with Crippen LogP contribution < -0.4 is 11.5 Å². The van der Waals surface area contributed by atoms with Gasteiger partial charge in [0.05, 0.1) is 12.0 Å². The lowest BCUT2D eigenvalue weighted by atomic mass is 9.70. The molecule has 4 N–H and O–H groups in total.